The van der Waals surface area contributed by atoms with E-state index in [0.29, 0.717) is 6.04 Å². The van der Waals surface area contributed by atoms with Gasteiger partial charge in [0.25, 0.3) is 5.69 Å². The topological polar surface area (TPSA) is 59.3 Å². The van der Waals surface area contributed by atoms with Crippen LogP contribution < -0.4 is 4.90 Å². The zero-order chi connectivity index (χ0) is 15.2. The fourth-order valence-electron chi connectivity index (χ4n) is 2.32. The molecule has 0 aliphatic rings. The molecule has 0 amide bonds. The summed E-state index contributed by atoms with van der Waals surface area (Å²) < 4.78 is 0. The number of nitrogens with zero attached hydrogens (tertiary/aromatic N) is 3. The first-order valence-corrected chi connectivity index (χ1v) is 6.99. The summed E-state index contributed by atoms with van der Waals surface area (Å²) in [6, 6.07) is 13.8. The normalized spacial score (nSPS) is 11.9. The summed E-state index contributed by atoms with van der Waals surface area (Å²) in [5.41, 5.74) is 1.29. The number of anilines is 1. The van der Waals surface area contributed by atoms with Crippen molar-refractivity contribution in [3.05, 3.63) is 64.3 Å². The highest BCUT2D eigenvalue weighted by Crippen LogP contribution is 2.19. The summed E-state index contributed by atoms with van der Waals surface area (Å²) >= 11 is 0. The van der Waals surface area contributed by atoms with Crippen molar-refractivity contribution in [2.75, 3.05) is 11.9 Å². The molecule has 0 saturated carbocycles. The van der Waals surface area contributed by atoms with Crippen LogP contribution in [0.15, 0.2) is 48.7 Å². The molecule has 1 atom stereocenters. The molecule has 2 aromatic rings. The van der Waals surface area contributed by atoms with Gasteiger partial charge in [-0.25, -0.2) is 4.98 Å². The highest BCUT2D eigenvalue weighted by Gasteiger charge is 2.16. The van der Waals surface area contributed by atoms with Crippen LogP contribution in [0.1, 0.15) is 18.9 Å². The number of hydrogen-bond acceptors (Lipinski definition) is 4. The van der Waals surface area contributed by atoms with Crippen LogP contribution in [0.4, 0.5) is 11.5 Å². The van der Waals surface area contributed by atoms with Gasteiger partial charge in [-0.3, -0.25) is 10.1 Å². The van der Waals surface area contributed by atoms with Crippen LogP contribution >= 0.6 is 0 Å². The van der Waals surface area contributed by atoms with Gasteiger partial charge in [0.05, 0.1) is 4.92 Å². The summed E-state index contributed by atoms with van der Waals surface area (Å²) in [5.74, 6) is 0.753. The average molecular weight is 285 g/mol. The van der Waals surface area contributed by atoms with E-state index in [0.717, 1.165) is 18.7 Å². The third kappa shape index (κ3) is 3.78. The lowest BCUT2D eigenvalue weighted by molar-refractivity contribution is -0.385. The molecule has 5 nitrogen and oxygen atoms in total. The van der Waals surface area contributed by atoms with Gasteiger partial charge >= 0.3 is 0 Å². The van der Waals surface area contributed by atoms with Crippen LogP contribution in [-0.4, -0.2) is 23.0 Å². The Balaban J connectivity index is 2.12. The Hall–Kier alpha value is -2.43. The molecule has 1 aromatic carbocycles. The van der Waals surface area contributed by atoms with Crippen molar-refractivity contribution in [1.29, 1.82) is 0 Å². The largest absolute Gasteiger partial charge is 0.356 e. The maximum Gasteiger partial charge on any atom is 0.287 e. The molecule has 0 aliphatic heterocycles. The van der Waals surface area contributed by atoms with E-state index < -0.39 is 4.92 Å². The maximum absolute atomic E-state index is 10.7. The molecule has 110 valence electrons. The fraction of sp³-hybridized carbons (Fsp3) is 0.312. The van der Waals surface area contributed by atoms with Gasteiger partial charge in [0.1, 0.15) is 12.0 Å². The SMILES string of the molecule is CCC(Cc1ccccc1)N(C)c1ccc([N+](=O)[O-])cn1. The first-order valence-electron chi connectivity index (χ1n) is 6.99. The number of likely N-dealkylation sites (N-methyl/N-ethyl adjacent to an activating group) is 1. The molecular formula is C16H19N3O2. The highest BCUT2D eigenvalue weighted by molar-refractivity contribution is 5.43. The van der Waals surface area contributed by atoms with Crippen molar-refractivity contribution in [2.45, 2.75) is 25.8 Å². The lowest BCUT2D eigenvalue weighted by atomic mass is 10.0. The van der Waals surface area contributed by atoms with Gasteiger partial charge in [0.15, 0.2) is 0 Å². The summed E-state index contributed by atoms with van der Waals surface area (Å²) in [6.45, 7) is 2.13. The molecule has 1 heterocycles. The Labute approximate surface area is 124 Å². The third-order valence-corrected chi connectivity index (χ3v) is 3.64. The van der Waals surface area contributed by atoms with Gasteiger partial charge in [0.2, 0.25) is 0 Å². The van der Waals surface area contributed by atoms with E-state index in [1.165, 1.54) is 17.8 Å². The molecule has 0 bridgehead atoms. The minimum Gasteiger partial charge on any atom is -0.356 e. The van der Waals surface area contributed by atoms with Gasteiger partial charge in [-0.2, -0.15) is 0 Å². The van der Waals surface area contributed by atoms with Crippen LogP contribution in [0, 0.1) is 10.1 Å². The number of aromatic nitrogens is 1. The fourth-order valence-corrected chi connectivity index (χ4v) is 2.32. The van der Waals surface area contributed by atoms with Crippen LogP contribution in [0.25, 0.3) is 0 Å². The highest BCUT2D eigenvalue weighted by atomic mass is 16.6. The molecule has 0 saturated heterocycles. The predicted molar refractivity (Wildman–Crippen MR) is 83.5 cm³/mol. The van der Waals surface area contributed by atoms with E-state index in [9.17, 15) is 10.1 Å². The summed E-state index contributed by atoms with van der Waals surface area (Å²) in [6.07, 6.45) is 3.21. The predicted octanol–water partition coefficient (Wildman–Crippen LogP) is 3.45. The number of pyridine rings is 1. The quantitative estimate of drug-likeness (QED) is 0.602. The van der Waals surface area contributed by atoms with E-state index in [2.05, 4.69) is 28.9 Å². The zero-order valence-corrected chi connectivity index (χ0v) is 12.3. The molecule has 0 spiro atoms. The minimum atomic E-state index is -0.432. The van der Waals surface area contributed by atoms with Crippen molar-refractivity contribution in [2.24, 2.45) is 0 Å². The Morgan fingerprint density at radius 1 is 1.24 bits per heavy atom. The Kier molecular flexibility index (Phi) is 4.87. The van der Waals surface area contributed by atoms with Gasteiger partial charge in [-0.1, -0.05) is 37.3 Å². The lowest BCUT2D eigenvalue weighted by Crippen LogP contribution is -2.33. The van der Waals surface area contributed by atoms with Crippen LogP contribution in [0.2, 0.25) is 0 Å². The number of rotatable bonds is 6. The first kappa shape index (κ1) is 15.0. The zero-order valence-electron chi connectivity index (χ0n) is 12.3. The second-order valence-corrected chi connectivity index (χ2v) is 4.99. The van der Waals surface area contributed by atoms with E-state index in [-0.39, 0.29) is 5.69 Å². The summed E-state index contributed by atoms with van der Waals surface area (Å²) in [5, 5.41) is 10.7. The van der Waals surface area contributed by atoms with Gasteiger partial charge in [0, 0.05) is 19.2 Å². The van der Waals surface area contributed by atoms with E-state index in [1.807, 2.05) is 25.2 Å². The lowest BCUT2D eigenvalue weighted by Gasteiger charge is -2.28. The van der Waals surface area contributed by atoms with Crippen molar-refractivity contribution in [3.8, 4) is 0 Å². The Bertz CT molecular complexity index is 584. The maximum atomic E-state index is 10.7. The van der Waals surface area contributed by atoms with Gasteiger partial charge < -0.3 is 4.90 Å². The Morgan fingerprint density at radius 2 is 1.95 bits per heavy atom. The van der Waals surface area contributed by atoms with E-state index in [4.69, 9.17) is 0 Å². The smallest absolute Gasteiger partial charge is 0.287 e. The molecule has 21 heavy (non-hydrogen) atoms. The molecule has 1 unspecified atom stereocenters. The Morgan fingerprint density at radius 3 is 2.48 bits per heavy atom. The first-order chi connectivity index (χ1) is 10.1. The summed E-state index contributed by atoms with van der Waals surface area (Å²) in [7, 11) is 1.98. The molecule has 0 fully saturated rings. The average Bonchev–Trinajstić information content (AvgIpc) is 2.53. The molecule has 0 N–H and O–H groups in total. The van der Waals surface area contributed by atoms with Crippen molar-refractivity contribution >= 4 is 11.5 Å². The van der Waals surface area contributed by atoms with E-state index >= 15 is 0 Å². The number of nitro groups is 1. The minimum absolute atomic E-state index is 0.0169. The molecule has 0 aliphatic carbocycles. The van der Waals surface area contributed by atoms with E-state index in [1.54, 1.807) is 6.07 Å². The van der Waals surface area contributed by atoms with Crippen LogP contribution in [0.3, 0.4) is 0 Å². The standard InChI is InChI=1S/C16H19N3O2/c1-3-14(11-13-7-5-4-6-8-13)18(2)16-10-9-15(12-17-16)19(20)21/h4-10,12,14H,3,11H2,1-2H3. The van der Waals surface area contributed by atoms with Crippen LogP contribution in [0.5, 0.6) is 0 Å². The van der Waals surface area contributed by atoms with Crippen LogP contribution in [-0.2, 0) is 6.42 Å². The number of hydrogen-bond donors (Lipinski definition) is 0. The second-order valence-electron chi connectivity index (χ2n) is 4.99. The van der Waals surface area contributed by atoms with Crippen molar-refractivity contribution in [3.63, 3.8) is 0 Å². The summed E-state index contributed by atoms with van der Waals surface area (Å²) in [4.78, 5) is 16.5. The van der Waals surface area contributed by atoms with Crippen molar-refractivity contribution in [1.82, 2.24) is 4.98 Å². The van der Waals surface area contributed by atoms with Gasteiger partial charge in [-0.05, 0) is 24.5 Å². The molecular weight excluding hydrogens is 266 g/mol. The van der Waals surface area contributed by atoms with Crippen molar-refractivity contribution < 1.29 is 4.92 Å². The third-order valence-electron chi connectivity index (χ3n) is 3.64. The monoisotopic (exact) mass is 285 g/mol. The second kappa shape index (κ2) is 6.83. The molecule has 2 rings (SSSR count). The molecule has 0 radical (unpaired) electrons. The number of benzene rings is 1. The van der Waals surface area contributed by atoms with Gasteiger partial charge in [-0.15, -0.1) is 0 Å². The molecule has 5 heteroatoms. The molecule has 1 aromatic heterocycles.